The molecule has 0 spiro atoms. The summed E-state index contributed by atoms with van der Waals surface area (Å²) in [6.45, 7) is 16.0. The molecule has 0 unspecified atom stereocenters. The van der Waals surface area contributed by atoms with Gasteiger partial charge in [-0.25, -0.2) is 4.98 Å². The molecular formula is C49H44N4. The van der Waals surface area contributed by atoms with E-state index in [9.17, 15) is 0 Å². The zero-order valence-corrected chi connectivity index (χ0v) is 31.6. The minimum Gasteiger partial charge on any atom is -0.294 e. The summed E-state index contributed by atoms with van der Waals surface area (Å²) in [5.74, 6) is 0. The minimum atomic E-state index is -0.180. The van der Waals surface area contributed by atoms with Crippen LogP contribution in [0.4, 0.5) is 0 Å². The Bertz CT molecular complexity index is 2860. The van der Waals surface area contributed by atoms with Gasteiger partial charge in [-0.05, 0) is 82.5 Å². The number of benzene rings is 5. The fraction of sp³-hybridized carbons (Fsp3) is 0.184. The first-order valence-electron chi connectivity index (χ1n) is 18.6. The zero-order valence-electron chi connectivity index (χ0n) is 31.6. The van der Waals surface area contributed by atoms with Gasteiger partial charge in [-0.3, -0.25) is 14.1 Å². The number of pyridine rings is 2. The van der Waals surface area contributed by atoms with Crippen molar-refractivity contribution < 1.29 is 0 Å². The summed E-state index contributed by atoms with van der Waals surface area (Å²) in [5.41, 5.74) is 14.4. The highest BCUT2D eigenvalue weighted by Crippen LogP contribution is 2.46. The molecule has 0 amide bonds. The summed E-state index contributed by atoms with van der Waals surface area (Å²) < 4.78 is 4.75. The zero-order chi connectivity index (χ0) is 36.6. The number of nitrogens with zero attached hydrogens (tertiary/aromatic N) is 4. The molecule has 0 aliphatic carbocycles. The Labute approximate surface area is 311 Å². The van der Waals surface area contributed by atoms with E-state index < -0.39 is 0 Å². The Hall–Kier alpha value is -6.00. The topological polar surface area (TPSA) is 35.6 Å². The smallest absolute Gasteiger partial charge is 0.148 e. The molecule has 53 heavy (non-hydrogen) atoms. The summed E-state index contributed by atoms with van der Waals surface area (Å²) in [4.78, 5) is 10.7. The van der Waals surface area contributed by atoms with Crippen LogP contribution in [0.1, 0.15) is 58.2 Å². The number of fused-ring (bicyclic) bond motifs is 6. The van der Waals surface area contributed by atoms with Crippen LogP contribution in [-0.4, -0.2) is 19.1 Å². The van der Waals surface area contributed by atoms with E-state index in [1.165, 1.54) is 43.8 Å². The van der Waals surface area contributed by atoms with Crippen molar-refractivity contribution in [2.75, 3.05) is 0 Å². The first kappa shape index (κ1) is 32.9. The second-order valence-corrected chi connectivity index (χ2v) is 16.4. The molecule has 0 aliphatic rings. The monoisotopic (exact) mass is 688 g/mol. The Morgan fingerprint density at radius 1 is 0.509 bits per heavy atom. The molecule has 4 heteroatoms. The summed E-state index contributed by atoms with van der Waals surface area (Å²) in [7, 11) is 0. The molecule has 5 aromatic carbocycles. The van der Waals surface area contributed by atoms with E-state index in [0.29, 0.717) is 0 Å². The first-order chi connectivity index (χ1) is 25.5. The summed E-state index contributed by atoms with van der Waals surface area (Å²) in [6, 6.07) is 48.0. The number of para-hydroxylation sites is 2. The van der Waals surface area contributed by atoms with Crippen LogP contribution < -0.4 is 0 Å². The normalized spacial score (nSPS) is 12.4. The van der Waals surface area contributed by atoms with E-state index in [4.69, 9.17) is 9.97 Å². The molecular weight excluding hydrogens is 645 g/mol. The van der Waals surface area contributed by atoms with Gasteiger partial charge in [0.1, 0.15) is 11.3 Å². The molecule has 4 heterocycles. The van der Waals surface area contributed by atoms with Crippen LogP contribution >= 0.6 is 0 Å². The quantitative estimate of drug-likeness (QED) is 0.184. The van der Waals surface area contributed by atoms with Crippen molar-refractivity contribution in [3.05, 3.63) is 156 Å². The van der Waals surface area contributed by atoms with Crippen molar-refractivity contribution in [2.24, 2.45) is 0 Å². The van der Waals surface area contributed by atoms with Crippen molar-refractivity contribution >= 4 is 43.9 Å². The second kappa shape index (κ2) is 12.0. The molecule has 0 aliphatic heterocycles. The van der Waals surface area contributed by atoms with Crippen molar-refractivity contribution in [1.29, 1.82) is 0 Å². The highest BCUT2D eigenvalue weighted by Gasteiger charge is 2.30. The first-order valence-corrected chi connectivity index (χ1v) is 18.6. The van der Waals surface area contributed by atoms with Gasteiger partial charge >= 0.3 is 0 Å². The fourth-order valence-corrected chi connectivity index (χ4v) is 8.21. The van der Waals surface area contributed by atoms with Gasteiger partial charge in [0, 0.05) is 50.2 Å². The maximum atomic E-state index is 5.74. The maximum Gasteiger partial charge on any atom is 0.148 e. The molecule has 0 fully saturated rings. The number of aryl methyl sites for hydroxylation is 1. The third-order valence-corrected chi connectivity index (χ3v) is 10.7. The van der Waals surface area contributed by atoms with Crippen molar-refractivity contribution in [2.45, 2.75) is 59.3 Å². The molecule has 0 atom stereocenters. The van der Waals surface area contributed by atoms with Crippen molar-refractivity contribution in [3.8, 4) is 33.8 Å². The second-order valence-electron chi connectivity index (χ2n) is 16.4. The Morgan fingerprint density at radius 3 is 1.64 bits per heavy atom. The number of rotatable bonds is 4. The molecule has 260 valence electrons. The Kier molecular flexibility index (Phi) is 7.46. The van der Waals surface area contributed by atoms with Crippen LogP contribution in [0.25, 0.3) is 77.6 Å². The van der Waals surface area contributed by atoms with Crippen molar-refractivity contribution in [1.82, 2.24) is 19.1 Å². The van der Waals surface area contributed by atoms with Crippen LogP contribution in [0.15, 0.2) is 140 Å². The number of hydrogen-bond donors (Lipinski definition) is 0. The molecule has 0 radical (unpaired) electrons. The highest BCUT2D eigenvalue weighted by atomic mass is 15.1. The molecule has 0 N–H and O–H groups in total. The molecule has 0 saturated heterocycles. The van der Waals surface area contributed by atoms with Gasteiger partial charge in [0.25, 0.3) is 0 Å². The lowest BCUT2D eigenvalue weighted by molar-refractivity contribution is 0.590. The van der Waals surface area contributed by atoms with Gasteiger partial charge in [0.05, 0.1) is 16.7 Å². The van der Waals surface area contributed by atoms with Crippen LogP contribution in [0.5, 0.6) is 0 Å². The van der Waals surface area contributed by atoms with E-state index in [2.05, 4.69) is 191 Å². The molecule has 0 saturated carbocycles. The highest BCUT2D eigenvalue weighted by molar-refractivity contribution is 6.20. The van der Waals surface area contributed by atoms with Gasteiger partial charge in [0.2, 0.25) is 0 Å². The molecule has 4 aromatic heterocycles. The van der Waals surface area contributed by atoms with Crippen LogP contribution in [-0.2, 0) is 10.8 Å². The summed E-state index contributed by atoms with van der Waals surface area (Å²) >= 11 is 0. The van der Waals surface area contributed by atoms with Crippen molar-refractivity contribution in [3.63, 3.8) is 0 Å². The van der Waals surface area contributed by atoms with E-state index in [1.807, 2.05) is 6.20 Å². The molecule has 9 aromatic rings. The third-order valence-electron chi connectivity index (χ3n) is 10.7. The van der Waals surface area contributed by atoms with E-state index in [1.54, 1.807) is 0 Å². The lowest BCUT2D eigenvalue weighted by Gasteiger charge is -2.23. The van der Waals surface area contributed by atoms with E-state index >= 15 is 0 Å². The van der Waals surface area contributed by atoms with Gasteiger partial charge in [-0.1, -0.05) is 133 Å². The predicted octanol–water partition coefficient (Wildman–Crippen LogP) is 12.9. The third kappa shape index (κ3) is 5.35. The minimum absolute atomic E-state index is 0.0126. The lowest BCUT2D eigenvalue weighted by atomic mass is 9.82. The van der Waals surface area contributed by atoms with Gasteiger partial charge in [0.15, 0.2) is 0 Å². The van der Waals surface area contributed by atoms with E-state index in [0.717, 1.165) is 50.5 Å². The molecule has 9 rings (SSSR count). The Balaban J connectivity index is 1.35. The average molecular weight is 689 g/mol. The molecule has 4 nitrogen and oxygen atoms in total. The fourth-order valence-electron chi connectivity index (χ4n) is 8.21. The van der Waals surface area contributed by atoms with Gasteiger partial charge in [-0.2, -0.15) is 0 Å². The van der Waals surface area contributed by atoms with Crippen LogP contribution in [0, 0.1) is 6.92 Å². The maximum absolute atomic E-state index is 5.74. The number of aromatic nitrogens is 4. The van der Waals surface area contributed by atoms with Gasteiger partial charge < -0.3 is 0 Å². The summed E-state index contributed by atoms with van der Waals surface area (Å²) in [6.07, 6.45) is 2.01. The predicted molar refractivity (Wildman–Crippen MR) is 224 cm³/mol. The summed E-state index contributed by atoms with van der Waals surface area (Å²) in [5, 5.41) is 4.86. The van der Waals surface area contributed by atoms with Gasteiger partial charge in [-0.15, -0.1) is 0 Å². The van der Waals surface area contributed by atoms with E-state index in [-0.39, 0.29) is 10.8 Å². The molecule has 0 bridgehead atoms. The van der Waals surface area contributed by atoms with Crippen LogP contribution in [0.3, 0.4) is 0 Å². The number of hydrogen-bond acceptors (Lipinski definition) is 2. The Morgan fingerprint density at radius 2 is 1.06 bits per heavy atom. The SMILES string of the molecule is Cc1cc(-c2cccc(-n3c4ccccc4c4c(C(C)(C)C)c5c6ccccc6n(-c6cccc(C(C)(C)C)c6)c5nc43)c2)ncc1-c1ccccc1. The standard InChI is InChI=1S/C49H44N4/c1-31-27-40(50-30-39(31)32-17-9-8-10-18-32)33-19-15-21-35(28-33)52-41-25-13-11-23-37(41)43-45(49(5,6)7)44-38-24-12-14-26-42(38)53(47(44)51-46(43)52)36-22-16-20-34(29-36)48(2,3)4/h8-30H,1-7H3. The lowest BCUT2D eigenvalue weighted by Crippen LogP contribution is -2.13. The van der Waals surface area contributed by atoms with Crippen LogP contribution in [0.2, 0.25) is 0 Å². The largest absolute Gasteiger partial charge is 0.294 e. The average Bonchev–Trinajstić information content (AvgIpc) is 3.66.